The summed E-state index contributed by atoms with van der Waals surface area (Å²) in [6.07, 6.45) is 3.49. The van der Waals surface area contributed by atoms with Crippen molar-refractivity contribution in [2.75, 3.05) is 44.6 Å². The van der Waals surface area contributed by atoms with Crippen molar-refractivity contribution in [1.29, 1.82) is 0 Å². The molecule has 4 rings (SSSR count). The predicted molar refractivity (Wildman–Crippen MR) is 148 cm³/mol. The van der Waals surface area contributed by atoms with E-state index in [0.29, 0.717) is 19.7 Å². The van der Waals surface area contributed by atoms with Crippen LogP contribution < -0.4 is 14.8 Å². The number of nitrogens with zero attached hydrogens (tertiary/aromatic N) is 4. The van der Waals surface area contributed by atoms with Crippen LogP contribution in [-0.2, 0) is 0 Å². The maximum atomic E-state index is 12.8. The molecule has 0 atom stereocenters. The summed E-state index contributed by atoms with van der Waals surface area (Å²) in [5.41, 5.74) is 2.72. The summed E-state index contributed by atoms with van der Waals surface area (Å²) in [5.74, 6) is 1.92. The summed E-state index contributed by atoms with van der Waals surface area (Å²) in [7, 11) is 0. The van der Waals surface area contributed by atoms with E-state index in [1.54, 1.807) is 6.33 Å². The molecule has 1 N–H and O–H groups in total. The van der Waals surface area contributed by atoms with Crippen LogP contribution in [-0.4, -0.2) is 71.2 Å². The number of aromatic nitrogens is 2. The van der Waals surface area contributed by atoms with Crippen molar-refractivity contribution in [1.82, 2.24) is 19.8 Å². The lowest BCUT2D eigenvalue weighted by Crippen LogP contribution is -2.40. The number of likely N-dealkylation sites (tertiary alicyclic amines) is 1. The zero-order chi connectivity index (χ0) is 26.2. The quantitative estimate of drug-likeness (QED) is 0.389. The number of ether oxygens (including phenoxy) is 2. The fourth-order valence-corrected chi connectivity index (χ4v) is 4.75. The van der Waals surface area contributed by atoms with Gasteiger partial charge in [0.25, 0.3) is 0 Å². The van der Waals surface area contributed by atoms with Gasteiger partial charge in [-0.3, -0.25) is 0 Å². The second-order valence-corrected chi connectivity index (χ2v) is 9.70. The van der Waals surface area contributed by atoms with E-state index in [-0.39, 0.29) is 18.1 Å². The first kappa shape index (κ1) is 26.7. The maximum Gasteiger partial charge on any atom is 0.321 e. The first-order valence-electron chi connectivity index (χ1n) is 13.4. The van der Waals surface area contributed by atoms with Crippen molar-refractivity contribution < 1.29 is 14.3 Å². The van der Waals surface area contributed by atoms with Gasteiger partial charge in [-0.15, -0.1) is 0 Å². The third-order valence-corrected chi connectivity index (χ3v) is 6.86. The van der Waals surface area contributed by atoms with E-state index >= 15 is 0 Å². The highest BCUT2D eigenvalue weighted by Crippen LogP contribution is 2.32. The summed E-state index contributed by atoms with van der Waals surface area (Å²) in [5, 5.41) is 4.06. The summed E-state index contributed by atoms with van der Waals surface area (Å²) < 4.78 is 11.7. The molecule has 0 spiro atoms. The standard InChI is InChI=1S/C29H39N5O3/c1-5-33(6-2)17-18-36-25-11-12-26-27(19-25)30-20-31-28(26)22-13-15-34(16-14-22)29(35)32-23-7-9-24(10-8-23)37-21(3)4/h7-12,19-22H,5-6,13-18H2,1-4H3,(H,32,35). The largest absolute Gasteiger partial charge is 0.492 e. The van der Waals surface area contributed by atoms with Gasteiger partial charge in [0.15, 0.2) is 0 Å². The van der Waals surface area contributed by atoms with E-state index in [0.717, 1.165) is 66.3 Å². The third-order valence-electron chi connectivity index (χ3n) is 6.86. The molecule has 0 saturated carbocycles. The van der Waals surface area contributed by atoms with Gasteiger partial charge in [0.05, 0.1) is 17.3 Å². The third kappa shape index (κ3) is 7.10. The summed E-state index contributed by atoms with van der Waals surface area (Å²) in [4.78, 5) is 26.2. The van der Waals surface area contributed by atoms with Crippen LogP contribution in [0.3, 0.4) is 0 Å². The number of rotatable bonds is 10. The smallest absolute Gasteiger partial charge is 0.321 e. The zero-order valence-electron chi connectivity index (χ0n) is 22.4. The molecule has 0 unspecified atom stereocenters. The topological polar surface area (TPSA) is 79.8 Å². The van der Waals surface area contributed by atoms with Crippen molar-refractivity contribution in [3.8, 4) is 11.5 Å². The molecule has 0 aliphatic carbocycles. The molecule has 1 saturated heterocycles. The Morgan fingerprint density at radius 1 is 1.05 bits per heavy atom. The highest BCUT2D eigenvalue weighted by atomic mass is 16.5. The van der Waals surface area contributed by atoms with Crippen molar-refractivity contribution >= 4 is 22.6 Å². The summed E-state index contributed by atoms with van der Waals surface area (Å²) in [6.45, 7) is 13.3. The van der Waals surface area contributed by atoms with E-state index in [1.165, 1.54) is 0 Å². The second kappa shape index (κ2) is 12.7. The molecule has 1 aromatic heterocycles. The van der Waals surface area contributed by atoms with E-state index in [9.17, 15) is 4.79 Å². The number of piperidine rings is 1. The molecular weight excluding hydrogens is 466 g/mol. The fourth-order valence-electron chi connectivity index (χ4n) is 4.75. The number of anilines is 1. The van der Waals surface area contributed by atoms with Crippen molar-refractivity contribution in [2.45, 2.75) is 52.6 Å². The number of fused-ring (bicyclic) bond motifs is 1. The SMILES string of the molecule is CCN(CC)CCOc1ccc2c(C3CCN(C(=O)Nc4ccc(OC(C)C)cc4)CC3)ncnc2c1. The maximum absolute atomic E-state index is 12.8. The molecule has 1 fully saturated rings. The molecule has 198 valence electrons. The minimum Gasteiger partial charge on any atom is -0.492 e. The number of nitrogens with one attached hydrogen (secondary N) is 1. The lowest BCUT2D eigenvalue weighted by atomic mass is 9.91. The molecule has 2 heterocycles. The molecule has 8 heteroatoms. The molecule has 1 aliphatic heterocycles. The fraction of sp³-hybridized carbons (Fsp3) is 0.483. The van der Waals surface area contributed by atoms with Gasteiger partial charge >= 0.3 is 6.03 Å². The molecule has 2 aromatic carbocycles. The minimum absolute atomic E-state index is 0.0741. The number of hydrogen-bond acceptors (Lipinski definition) is 6. The molecule has 3 aromatic rings. The van der Waals surface area contributed by atoms with Crippen molar-refractivity contribution in [3.63, 3.8) is 0 Å². The molecule has 0 bridgehead atoms. The van der Waals surface area contributed by atoms with E-state index in [4.69, 9.17) is 9.47 Å². The summed E-state index contributed by atoms with van der Waals surface area (Å²) >= 11 is 0. The van der Waals surface area contributed by atoms with Crippen molar-refractivity contribution in [2.24, 2.45) is 0 Å². The van der Waals surface area contributed by atoms with E-state index in [1.807, 2.05) is 55.1 Å². The number of carbonyl (C=O) groups is 1. The molecule has 0 radical (unpaired) electrons. The summed E-state index contributed by atoms with van der Waals surface area (Å²) in [6, 6.07) is 13.5. The van der Waals surface area contributed by atoms with Crippen LogP contribution in [0.5, 0.6) is 11.5 Å². The van der Waals surface area contributed by atoms with Crippen LogP contribution in [0.2, 0.25) is 0 Å². The average molecular weight is 506 g/mol. The number of hydrogen-bond donors (Lipinski definition) is 1. The first-order chi connectivity index (χ1) is 18.0. The Bertz CT molecular complexity index is 1160. The van der Waals surface area contributed by atoms with Gasteiger partial charge in [-0.2, -0.15) is 0 Å². The van der Waals surface area contributed by atoms with Gasteiger partial charge in [-0.05, 0) is 76.2 Å². The van der Waals surface area contributed by atoms with Gasteiger partial charge < -0.3 is 24.6 Å². The van der Waals surface area contributed by atoms with Gasteiger partial charge in [-0.25, -0.2) is 14.8 Å². The van der Waals surface area contributed by atoms with Crippen LogP contribution >= 0.6 is 0 Å². The molecule has 1 aliphatic rings. The molecule has 8 nitrogen and oxygen atoms in total. The molecule has 2 amide bonds. The Morgan fingerprint density at radius 2 is 1.76 bits per heavy atom. The number of amides is 2. The Labute approximate surface area is 220 Å². The molecular formula is C29H39N5O3. The van der Waals surface area contributed by atoms with Gasteiger partial charge in [-0.1, -0.05) is 13.8 Å². The van der Waals surface area contributed by atoms with Crippen LogP contribution in [0.4, 0.5) is 10.5 Å². The normalized spacial score (nSPS) is 14.4. The zero-order valence-corrected chi connectivity index (χ0v) is 22.4. The second-order valence-electron chi connectivity index (χ2n) is 9.70. The Balaban J connectivity index is 1.33. The van der Waals surface area contributed by atoms with E-state index in [2.05, 4.69) is 40.1 Å². The van der Waals surface area contributed by atoms with Crippen molar-refractivity contribution in [3.05, 3.63) is 54.5 Å². The Kier molecular flexibility index (Phi) is 9.17. The number of urea groups is 1. The van der Waals surface area contributed by atoms with E-state index < -0.39 is 0 Å². The highest BCUT2D eigenvalue weighted by Gasteiger charge is 2.26. The van der Waals surface area contributed by atoms with Gasteiger partial charge in [0.1, 0.15) is 24.4 Å². The number of benzene rings is 2. The highest BCUT2D eigenvalue weighted by molar-refractivity contribution is 5.89. The average Bonchev–Trinajstić information content (AvgIpc) is 2.91. The first-order valence-corrected chi connectivity index (χ1v) is 13.4. The lowest BCUT2D eigenvalue weighted by Gasteiger charge is -2.32. The Hall–Kier alpha value is -3.39. The van der Waals surface area contributed by atoms with Gasteiger partial charge in [0, 0.05) is 42.7 Å². The Morgan fingerprint density at radius 3 is 2.43 bits per heavy atom. The number of carbonyl (C=O) groups excluding carboxylic acids is 1. The van der Waals surface area contributed by atoms with Crippen LogP contribution in [0.15, 0.2) is 48.8 Å². The van der Waals surface area contributed by atoms with Crippen LogP contribution in [0.1, 0.15) is 52.1 Å². The number of likely N-dealkylation sites (N-methyl/N-ethyl adjacent to an activating group) is 1. The van der Waals surface area contributed by atoms with Crippen LogP contribution in [0, 0.1) is 0 Å². The lowest BCUT2D eigenvalue weighted by molar-refractivity contribution is 0.194. The minimum atomic E-state index is -0.0741. The van der Waals surface area contributed by atoms with Gasteiger partial charge in [0.2, 0.25) is 0 Å². The monoisotopic (exact) mass is 505 g/mol. The predicted octanol–water partition coefficient (Wildman–Crippen LogP) is 5.55. The molecule has 37 heavy (non-hydrogen) atoms. The van der Waals surface area contributed by atoms with Crippen LogP contribution in [0.25, 0.3) is 10.9 Å².